The van der Waals surface area contributed by atoms with Gasteiger partial charge >= 0.3 is 0 Å². The molecule has 1 aromatic heterocycles. The van der Waals surface area contributed by atoms with E-state index in [1.807, 2.05) is 25.3 Å². The zero-order valence-corrected chi connectivity index (χ0v) is 13.7. The minimum atomic E-state index is -0.446. The molecule has 0 radical (unpaired) electrons. The maximum atomic E-state index is 14.0. The molecule has 1 aromatic carbocycles. The van der Waals surface area contributed by atoms with Crippen molar-refractivity contribution < 1.29 is 9.18 Å². The number of rotatable bonds is 5. The Morgan fingerprint density at radius 2 is 2.05 bits per heavy atom. The Hall–Kier alpha value is -1.68. The summed E-state index contributed by atoms with van der Waals surface area (Å²) in [4.78, 5) is 13.2. The fraction of sp³-hybridized carbons (Fsp3) is 0.389. The fourth-order valence-electron chi connectivity index (χ4n) is 2.71. The van der Waals surface area contributed by atoms with Gasteiger partial charge in [-0.3, -0.25) is 4.79 Å². The van der Waals surface area contributed by atoms with Crippen LogP contribution in [0.25, 0.3) is 0 Å². The molecule has 116 valence electrons. The van der Waals surface area contributed by atoms with Crippen molar-refractivity contribution in [2.75, 3.05) is 6.54 Å². The molecule has 22 heavy (non-hydrogen) atoms. The van der Waals surface area contributed by atoms with E-state index in [0.29, 0.717) is 18.0 Å². The third-order valence-electron chi connectivity index (χ3n) is 4.21. The van der Waals surface area contributed by atoms with Gasteiger partial charge in [-0.2, -0.15) is 0 Å². The molecule has 1 aliphatic carbocycles. The maximum Gasteiger partial charge on any atom is 0.261 e. The first kappa shape index (κ1) is 15.2. The molecule has 1 fully saturated rings. The minimum absolute atomic E-state index is 0.0404. The highest BCUT2D eigenvalue weighted by Crippen LogP contribution is 2.43. The van der Waals surface area contributed by atoms with Crippen LogP contribution in [0, 0.1) is 5.82 Å². The van der Waals surface area contributed by atoms with Crippen LogP contribution in [0.5, 0.6) is 0 Å². The van der Waals surface area contributed by atoms with Crippen molar-refractivity contribution in [2.24, 2.45) is 0 Å². The van der Waals surface area contributed by atoms with Crippen LogP contribution in [0.3, 0.4) is 0 Å². The van der Waals surface area contributed by atoms with Crippen LogP contribution < -0.4 is 5.32 Å². The predicted octanol–water partition coefficient (Wildman–Crippen LogP) is 4.47. The van der Waals surface area contributed by atoms with Gasteiger partial charge in [0.25, 0.3) is 5.91 Å². The Morgan fingerprint density at radius 3 is 2.73 bits per heavy atom. The predicted molar refractivity (Wildman–Crippen MR) is 88.1 cm³/mol. The van der Waals surface area contributed by atoms with Crippen molar-refractivity contribution in [2.45, 2.75) is 38.0 Å². The first-order chi connectivity index (χ1) is 10.5. The van der Waals surface area contributed by atoms with Gasteiger partial charge in [-0.25, -0.2) is 4.39 Å². The number of hydrogen-bond acceptors (Lipinski definition) is 2. The molecule has 1 aliphatic rings. The number of halogens is 1. The van der Waals surface area contributed by atoms with Crippen molar-refractivity contribution in [1.82, 2.24) is 5.32 Å². The molecule has 1 saturated carbocycles. The second-order valence-electron chi connectivity index (χ2n) is 6.53. The molecule has 0 saturated heterocycles. The van der Waals surface area contributed by atoms with Crippen LogP contribution in [0.2, 0.25) is 0 Å². The van der Waals surface area contributed by atoms with E-state index < -0.39 is 5.41 Å². The molecule has 4 heteroatoms. The Labute approximate surface area is 134 Å². The lowest BCUT2D eigenvalue weighted by Gasteiger charge is -2.26. The number of carbonyl (C=O) groups excluding carboxylic acids is 1. The van der Waals surface area contributed by atoms with Gasteiger partial charge in [-0.1, -0.05) is 32.0 Å². The number of nitrogens with one attached hydrogen (secondary N) is 1. The summed E-state index contributed by atoms with van der Waals surface area (Å²) < 4.78 is 14.0. The highest BCUT2D eigenvalue weighted by atomic mass is 32.1. The molecule has 1 heterocycles. The number of thiophene rings is 1. The standard InChI is InChI=1S/C18H20FNOS/c1-18(2,14-5-3-4-6-15(14)19)11-20-17(21)16-13(9-10-22-16)12-7-8-12/h3-6,9-10,12H,7-8,11H2,1-2H3,(H,20,21). The van der Waals surface area contributed by atoms with Crippen molar-refractivity contribution in [3.8, 4) is 0 Å². The second kappa shape index (κ2) is 5.84. The third-order valence-corrected chi connectivity index (χ3v) is 5.14. The molecule has 3 rings (SSSR count). The number of hydrogen-bond donors (Lipinski definition) is 1. The molecule has 2 aromatic rings. The summed E-state index contributed by atoms with van der Waals surface area (Å²) in [6.07, 6.45) is 2.36. The second-order valence-corrected chi connectivity index (χ2v) is 7.44. The van der Waals surface area contributed by atoms with E-state index in [1.54, 1.807) is 12.1 Å². The topological polar surface area (TPSA) is 29.1 Å². The SMILES string of the molecule is CC(C)(CNC(=O)c1sccc1C1CC1)c1ccccc1F. The van der Waals surface area contributed by atoms with Crippen molar-refractivity contribution >= 4 is 17.2 Å². The number of carbonyl (C=O) groups is 1. The molecule has 0 aliphatic heterocycles. The Kier molecular flexibility index (Phi) is 4.04. The van der Waals surface area contributed by atoms with E-state index in [1.165, 1.54) is 35.8 Å². The van der Waals surface area contributed by atoms with E-state index in [9.17, 15) is 9.18 Å². The summed E-state index contributed by atoms with van der Waals surface area (Å²) >= 11 is 1.49. The first-order valence-electron chi connectivity index (χ1n) is 7.59. The Bertz CT molecular complexity index is 688. The van der Waals surface area contributed by atoms with Crippen LogP contribution in [-0.4, -0.2) is 12.5 Å². The van der Waals surface area contributed by atoms with Crippen LogP contribution >= 0.6 is 11.3 Å². The lowest BCUT2D eigenvalue weighted by Crippen LogP contribution is -2.37. The van der Waals surface area contributed by atoms with Gasteiger partial charge in [0.1, 0.15) is 5.82 Å². The van der Waals surface area contributed by atoms with E-state index in [-0.39, 0.29) is 11.7 Å². The molecular weight excluding hydrogens is 297 g/mol. The Morgan fingerprint density at radius 1 is 1.32 bits per heavy atom. The van der Waals surface area contributed by atoms with Crippen LogP contribution in [0.15, 0.2) is 35.7 Å². The van der Waals surface area contributed by atoms with Gasteiger partial charge in [0.2, 0.25) is 0 Å². The van der Waals surface area contributed by atoms with Gasteiger partial charge in [0, 0.05) is 12.0 Å². The average molecular weight is 317 g/mol. The zero-order valence-electron chi connectivity index (χ0n) is 12.9. The van der Waals surface area contributed by atoms with Gasteiger partial charge < -0.3 is 5.32 Å². The van der Waals surface area contributed by atoms with Gasteiger partial charge in [-0.15, -0.1) is 11.3 Å². The number of amides is 1. The highest BCUT2D eigenvalue weighted by Gasteiger charge is 2.30. The van der Waals surface area contributed by atoms with Crippen LogP contribution in [-0.2, 0) is 5.41 Å². The van der Waals surface area contributed by atoms with Crippen molar-refractivity contribution in [3.63, 3.8) is 0 Å². The normalized spacial score (nSPS) is 14.9. The largest absolute Gasteiger partial charge is 0.350 e. The van der Waals surface area contributed by atoms with Crippen LogP contribution in [0.1, 0.15) is 53.4 Å². The summed E-state index contributed by atoms with van der Waals surface area (Å²) in [5.41, 5.74) is 1.35. The molecule has 0 bridgehead atoms. The quantitative estimate of drug-likeness (QED) is 0.866. The molecule has 0 spiro atoms. The van der Waals surface area contributed by atoms with Crippen molar-refractivity contribution in [3.05, 3.63) is 57.5 Å². The molecule has 1 amide bonds. The average Bonchev–Trinajstić information content (AvgIpc) is 3.22. The summed E-state index contributed by atoms with van der Waals surface area (Å²) in [7, 11) is 0. The molecule has 1 N–H and O–H groups in total. The molecule has 2 nitrogen and oxygen atoms in total. The Balaban J connectivity index is 1.70. The van der Waals surface area contributed by atoms with E-state index in [2.05, 4.69) is 11.4 Å². The van der Waals surface area contributed by atoms with Gasteiger partial charge in [0.05, 0.1) is 4.88 Å². The maximum absolute atomic E-state index is 14.0. The zero-order chi connectivity index (χ0) is 15.7. The third kappa shape index (κ3) is 3.07. The van der Waals surface area contributed by atoms with E-state index in [4.69, 9.17) is 0 Å². The molecular formula is C18H20FNOS. The summed E-state index contributed by atoms with van der Waals surface area (Å²) in [5, 5.41) is 4.96. The summed E-state index contributed by atoms with van der Waals surface area (Å²) in [6.45, 7) is 4.30. The first-order valence-corrected chi connectivity index (χ1v) is 8.47. The smallest absolute Gasteiger partial charge is 0.261 e. The van der Waals surface area contributed by atoms with Crippen molar-refractivity contribution in [1.29, 1.82) is 0 Å². The lowest BCUT2D eigenvalue weighted by molar-refractivity contribution is 0.0948. The van der Waals surface area contributed by atoms with E-state index >= 15 is 0 Å². The fourth-order valence-corrected chi connectivity index (χ4v) is 3.61. The molecule has 0 unspecified atom stereocenters. The minimum Gasteiger partial charge on any atom is -0.350 e. The number of benzene rings is 1. The highest BCUT2D eigenvalue weighted by molar-refractivity contribution is 7.12. The van der Waals surface area contributed by atoms with Gasteiger partial charge in [-0.05, 0) is 47.4 Å². The van der Waals surface area contributed by atoms with E-state index in [0.717, 1.165) is 4.88 Å². The summed E-state index contributed by atoms with van der Waals surface area (Å²) in [6, 6.07) is 8.80. The molecule has 0 atom stereocenters. The summed E-state index contributed by atoms with van der Waals surface area (Å²) in [5.74, 6) is 0.296. The van der Waals surface area contributed by atoms with Crippen LogP contribution in [0.4, 0.5) is 4.39 Å². The lowest BCUT2D eigenvalue weighted by atomic mass is 9.84. The monoisotopic (exact) mass is 317 g/mol. The van der Waals surface area contributed by atoms with Gasteiger partial charge in [0.15, 0.2) is 0 Å².